The topological polar surface area (TPSA) is 160 Å². The van der Waals surface area contributed by atoms with Crippen molar-refractivity contribution in [2.24, 2.45) is 14.1 Å². The van der Waals surface area contributed by atoms with Crippen molar-refractivity contribution in [2.45, 2.75) is 25.0 Å². The average Bonchev–Trinajstić information content (AvgIpc) is 3.99. The van der Waals surface area contributed by atoms with Crippen LogP contribution in [0.4, 0.5) is 10.1 Å². The van der Waals surface area contributed by atoms with Gasteiger partial charge in [-0.15, -0.1) is 0 Å². The first-order chi connectivity index (χ1) is 27.3. The number of aryl methyl sites for hydroxylation is 1. The number of pyridine rings is 1. The first kappa shape index (κ1) is 41.0. The Morgan fingerprint density at radius 1 is 0.982 bits per heavy atom. The Bertz CT molecular complexity index is 2490. The molecule has 1 aliphatic heterocycles. The average molecular weight is 801 g/mol. The Labute approximate surface area is 332 Å². The summed E-state index contributed by atoms with van der Waals surface area (Å²) >= 11 is 5.60. The minimum absolute atomic E-state index is 0.0161. The Kier molecular flexibility index (Phi) is 13.0. The smallest absolute Gasteiger partial charge is 0.341 e. The summed E-state index contributed by atoms with van der Waals surface area (Å²) in [4.78, 5) is 57.3. The lowest BCUT2D eigenvalue weighted by Crippen LogP contribution is -2.43. The van der Waals surface area contributed by atoms with Crippen molar-refractivity contribution in [1.82, 2.24) is 33.9 Å². The fourth-order valence-corrected chi connectivity index (χ4v) is 6.78. The van der Waals surface area contributed by atoms with E-state index in [1.165, 1.54) is 42.1 Å². The van der Waals surface area contributed by atoms with Crippen molar-refractivity contribution in [3.05, 3.63) is 138 Å². The minimum Gasteiger partial charge on any atom is -0.477 e. The number of nitrogens with zero attached hydrogens (tertiary/aromatic N) is 6. The van der Waals surface area contributed by atoms with Crippen LogP contribution in [0.25, 0.3) is 22.1 Å². The predicted molar refractivity (Wildman–Crippen MR) is 219 cm³/mol. The highest BCUT2D eigenvalue weighted by Gasteiger charge is 2.28. The van der Waals surface area contributed by atoms with Crippen LogP contribution in [0.1, 0.15) is 46.5 Å². The molecule has 3 aromatic heterocycles. The second-order valence-electron chi connectivity index (χ2n) is 14.2. The summed E-state index contributed by atoms with van der Waals surface area (Å²) in [6.45, 7) is 4.61. The van der Waals surface area contributed by atoms with Crippen LogP contribution in [-0.4, -0.2) is 93.1 Å². The molecular formula is C41H46ClFN8O6. The third kappa shape index (κ3) is 9.51. The fourth-order valence-electron chi connectivity index (χ4n) is 6.61. The van der Waals surface area contributed by atoms with Gasteiger partial charge in [0.25, 0.3) is 5.56 Å². The Morgan fingerprint density at radius 3 is 2.16 bits per heavy atom. The number of likely N-dealkylation sites (N-methyl/N-ethyl adjacent to an activating group) is 1. The van der Waals surface area contributed by atoms with E-state index in [9.17, 15) is 28.7 Å². The van der Waals surface area contributed by atoms with E-state index in [2.05, 4.69) is 82.8 Å². The van der Waals surface area contributed by atoms with Gasteiger partial charge in [-0.3, -0.25) is 18.7 Å². The number of rotatable bonds is 9. The van der Waals surface area contributed by atoms with Crippen LogP contribution < -0.4 is 26.9 Å². The molecule has 3 N–H and O–H groups in total. The zero-order valence-electron chi connectivity index (χ0n) is 32.2. The van der Waals surface area contributed by atoms with Gasteiger partial charge >= 0.3 is 11.7 Å². The number of halogens is 2. The summed E-state index contributed by atoms with van der Waals surface area (Å²) < 4.78 is 24.8. The van der Waals surface area contributed by atoms with Gasteiger partial charge in [-0.25, -0.2) is 14.0 Å². The summed E-state index contributed by atoms with van der Waals surface area (Å²) in [5.74, 6) is -1.76. The number of anilines is 1. The second kappa shape index (κ2) is 18.1. The van der Waals surface area contributed by atoms with Crippen molar-refractivity contribution in [2.75, 3.05) is 58.3 Å². The zero-order valence-corrected chi connectivity index (χ0v) is 33.0. The number of nitrogens with one attached hydrogen (secondary N) is 2. The number of imidazole rings is 1. The molecule has 16 heteroatoms. The van der Waals surface area contributed by atoms with Crippen LogP contribution in [0.2, 0.25) is 5.28 Å². The molecule has 0 unspecified atom stereocenters. The Balaban J connectivity index is 0.000000150. The van der Waals surface area contributed by atoms with E-state index in [0.717, 1.165) is 43.6 Å². The van der Waals surface area contributed by atoms with Crippen LogP contribution in [0.5, 0.6) is 0 Å². The maximum Gasteiger partial charge on any atom is 0.341 e. The van der Waals surface area contributed by atoms with Gasteiger partial charge in [0.15, 0.2) is 11.2 Å². The fraction of sp³-hybridized carbons (Fsp3) is 0.341. The SMILES string of the molecule is CN(C)CCOC(c1ccccc1)c1ccccc1.Cn1c(=O)c2[nH]c(Cl)nc2n(C)c1=O.O=C(O)c1cn(C2CC2)c2cc(N3CCNCC3)c(F)cc2c1=O. The van der Waals surface area contributed by atoms with Crippen LogP contribution >= 0.6 is 11.6 Å². The summed E-state index contributed by atoms with van der Waals surface area (Å²) in [7, 11) is 7.05. The molecule has 0 atom stereocenters. The maximum atomic E-state index is 14.6. The van der Waals surface area contributed by atoms with Gasteiger partial charge in [0.2, 0.25) is 10.7 Å². The van der Waals surface area contributed by atoms with Gasteiger partial charge in [-0.05, 0) is 61.8 Å². The van der Waals surface area contributed by atoms with Crippen LogP contribution in [0.3, 0.4) is 0 Å². The van der Waals surface area contributed by atoms with Gasteiger partial charge in [-0.1, -0.05) is 60.7 Å². The van der Waals surface area contributed by atoms with Gasteiger partial charge in [0, 0.05) is 64.4 Å². The number of carbonyl (C=O) groups is 1. The molecule has 4 heterocycles. The number of carboxylic acid groups (broad SMARTS) is 1. The summed E-state index contributed by atoms with van der Waals surface area (Å²) in [6.07, 6.45) is 3.31. The minimum atomic E-state index is -1.28. The molecule has 3 aromatic carbocycles. The number of aromatic nitrogens is 5. The molecule has 0 bridgehead atoms. The lowest BCUT2D eigenvalue weighted by Gasteiger charge is -2.30. The molecule has 0 amide bonds. The Hall–Kier alpha value is -5.61. The highest BCUT2D eigenvalue weighted by Crippen LogP contribution is 2.38. The van der Waals surface area contributed by atoms with Gasteiger partial charge < -0.3 is 34.5 Å². The monoisotopic (exact) mass is 800 g/mol. The molecule has 300 valence electrons. The molecule has 8 rings (SSSR count). The third-order valence-electron chi connectivity index (χ3n) is 9.82. The zero-order chi connectivity index (χ0) is 40.8. The number of fused-ring (bicyclic) bond motifs is 2. The number of benzene rings is 3. The quantitative estimate of drug-likeness (QED) is 0.177. The normalized spacial score (nSPS) is 14.1. The van der Waals surface area contributed by atoms with E-state index in [1.807, 2.05) is 21.6 Å². The van der Waals surface area contributed by atoms with E-state index in [0.29, 0.717) is 24.3 Å². The lowest BCUT2D eigenvalue weighted by molar-refractivity contribution is 0.0686. The van der Waals surface area contributed by atoms with Gasteiger partial charge in [0.05, 0.1) is 17.8 Å². The van der Waals surface area contributed by atoms with E-state index in [-0.39, 0.29) is 39.5 Å². The number of H-pyrrole nitrogens is 1. The molecule has 2 aliphatic rings. The molecule has 6 aromatic rings. The third-order valence-corrected chi connectivity index (χ3v) is 10.0. The first-order valence-electron chi connectivity index (χ1n) is 18.6. The van der Waals surface area contributed by atoms with Crippen LogP contribution in [0.15, 0.2) is 93.4 Å². The van der Waals surface area contributed by atoms with Gasteiger partial charge in [0.1, 0.15) is 17.5 Å². The predicted octanol–water partition coefficient (Wildman–Crippen LogP) is 4.55. The number of aromatic carboxylic acids is 1. The largest absolute Gasteiger partial charge is 0.477 e. The second-order valence-corrected chi connectivity index (χ2v) is 14.5. The lowest BCUT2D eigenvalue weighted by atomic mass is 10.0. The number of piperazine rings is 1. The van der Waals surface area contributed by atoms with E-state index in [1.54, 1.807) is 6.07 Å². The van der Waals surface area contributed by atoms with Crippen molar-refractivity contribution < 1.29 is 19.0 Å². The molecule has 1 saturated heterocycles. The molecule has 14 nitrogen and oxygen atoms in total. The standard InChI is InChI=1S/C17H18FN3O3.C17H21NO.C7H7ClN4O2/c18-13-7-11-14(8-15(13)20-5-3-19-4-6-20)21(10-1-2-10)9-12(16(11)22)17(23)24;1-18(2)13-14-19-17(15-9-5-3-6-10-15)16-11-7-4-8-12-16;1-11-4-3(9-6(8)10-4)5(13)12(2)7(11)14/h7-10,19H,1-6H2,(H,23,24);3-12,17H,13-14H2,1-2H3;1-2H3,(H,9,10). The molecule has 57 heavy (non-hydrogen) atoms. The first-order valence-corrected chi connectivity index (χ1v) is 19.0. The molecule has 0 spiro atoms. The highest BCUT2D eigenvalue weighted by atomic mass is 35.5. The Morgan fingerprint density at radius 2 is 1.60 bits per heavy atom. The van der Waals surface area contributed by atoms with Crippen LogP contribution in [-0.2, 0) is 18.8 Å². The summed E-state index contributed by atoms with van der Waals surface area (Å²) in [5.41, 5.74) is 2.21. The van der Waals surface area contributed by atoms with Gasteiger partial charge in [-0.2, -0.15) is 4.98 Å². The van der Waals surface area contributed by atoms with Crippen molar-refractivity contribution >= 4 is 45.3 Å². The molecule has 1 aliphatic carbocycles. The number of hydrogen-bond acceptors (Lipinski definition) is 9. The highest BCUT2D eigenvalue weighted by molar-refractivity contribution is 6.29. The summed E-state index contributed by atoms with van der Waals surface area (Å²) in [5, 5.41) is 12.7. The van der Waals surface area contributed by atoms with Crippen molar-refractivity contribution in [3.63, 3.8) is 0 Å². The number of hydrogen-bond donors (Lipinski definition) is 3. The van der Waals surface area contributed by atoms with E-state index < -0.39 is 28.5 Å². The van der Waals surface area contributed by atoms with E-state index in [4.69, 9.17) is 16.3 Å². The maximum absolute atomic E-state index is 14.6. The number of aromatic amines is 1. The number of ether oxygens (including phenoxy) is 1. The van der Waals surface area contributed by atoms with E-state index >= 15 is 0 Å². The molecule has 1 saturated carbocycles. The molecule has 2 fully saturated rings. The van der Waals surface area contributed by atoms with Crippen molar-refractivity contribution in [3.8, 4) is 0 Å². The van der Waals surface area contributed by atoms with Crippen LogP contribution in [0, 0.1) is 5.82 Å². The summed E-state index contributed by atoms with van der Waals surface area (Å²) in [6, 6.07) is 23.8. The number of carboxylic acids is 1. The molecule has 0 radical (unpaired) electrons. The van der Waals surface area contributed by atoms with Crippen molar-refractivity contribution in [1.29, 1.82) is 0 Å². The molecular weight excluding hydrogens is 755 g/mol.